The van der Waals surface area contributed by atoms with Crippen LogP contribution in [0.3, 0.4) is 0 Å². The molecular formula is C12H24N2O2S. The van der Waals surface area contributed by atoms with E-state index in [2.05, 4.69) is 17.3 Å². The van der Waals surface area contributed by atoms with Gasteiger partial charge in [-0.05, 0) is 58.3 Å². The van der Waals surface area contributed by atoms with Gasteiger partial charge in [-0.15, -0.1) is 0 Å². The van der Waals surface area contributed by atoms with Gasteiger partial charge in [0.2, 0.25) is 0 Å². The molecule has 0 radical (unpaired) electrons. The van der Waals surface area contributed by atoms with Crippen molar-refractivity contribution in [2.75, 3.05) is 39.0 Å². The molecule has 0 aromatic heterocycles. The van der Waals surface area contributed by atoms with Gasteiger partial charge in [-0.2, -0.15) is 0 Å². The molecule has 4 nitrogen and oxygen atoms in total. The van der Waals surface area contributed by atoms with Crippen molar-refractivity contribution in [3.05, 3.63) is 0 Å². The summed E-state index contributed by atoms with van der Waals surface area (Å²) < 4.78 is 23.3. The molecule has 100 valence electrons. The fourth-order valence-corrected chi connectivity index (χ4v) is 4.60. The van der Waals surface area contributed by atoms with Crippen molar-refractivity contribution < 1.29 is 8.42 Å². The maximum Gasteiger partial charge on any atom is 0.154 e. The van der Waals surface area contributed by atoms with E-state index in [9.17, 15) is 8.42 Å². The van der Waals surface area contributed by atoms with E-state index in [1.807, 2.05) is 0 Å². The minimum absolute atomic E-state index is 0.117. The summed E-state index contributed by atoms with van der Waals surface area (Å²) >= 11 is 0. The summed E-state index contributed by atoms with van der Waals surface area (Å²) in [6, 6.07) is 0. The second-order valence-electron chi connectivity index (χ2n) is 5.54. The molecule has 0 aliphatic carbocycles. The summed E-state index contributed by atoms with van der Waals surface area (Å²) in [5, 5.41) is 3.25. The normalized spacial score (nSPS) is 30.8. The number of nitrogens with zero attached hydrogens (tertiary/aromatic N) is 1. The first kappa shape index (κ1) is 13.3. The maximum absolute atomic E-state index is 11.6. The van der Waals surface area contributed by atoms with Gasteiger partial charge in [0.05, 0.1) is 11.0 Å². The first-order valence-electron chi connectivity index (χ1n) is 6.69. The summed E-state index contributed by atoms with van der Waals surface area (Å²) in [5.74, 6) is 1.13. The van der Waals surface area contributed by atoms with Gasteiger partial charge in [0.25, 0.3) is 0 Å². The molecule has 2 aliphatic rings. The van der Waals surface area contributed by atoms with Crippen LogP contribution >= 0.6 is 0 Å². The molecule has 2 aliphatic heterocycles. The lowest BCUT2D eigenvalue weighted by atomic mass is 9.97. The van der Waals surface area contributed by atoms with E-state index in [0.717, 1.165) is 25.3 Å². The summed E-state index contributed by atoms with van der Waals surface area (Å²) in [4.78, 5) is 2.36. The zero-order chi connectivity index (χ0) is 12.3. The molecule has 0 aromatic rings. The van der Waals surface area contributed by atoms with Crippen molar-refractivity contribution in [1.29, 1.82) is 0 Å². The van der Waals surface area contributed by atoms with Gasteiger partial charge in [0.15, 0.2) is 9.84 Å². The van der Waals surface area contributed by atoms with Gasteiger partial charge in [0.1, 0.15) is 0 Å². The standard InChI is InChI=1S/C12H24N2O2S/c1-14-6-4-11(5-7-14)9-13-10-12-3-2-8-17(12,15)16/h11-13H,2-10H2,1H3. The van der Waals surface area contributed by atoms with Gasteiger partial charge >= 0.3 is 0 Å². The zero-order valence-corrected chi connectivity index (χ0v) is 11.5. The number of likely N-dealkylation sites (tertiary alicyclic amines) is 1. The van der Waals surface area contributed by atoms with E-state index in [0.29, 0.717) is 12.3 Å². The predicted molar refractivity (Wildman–Crippen MR) is 69.9 cm³/mol. The highest BCUT2D eigenvalue weighted by atomic mass is 32.2. The third-order valence-electron chi connectivity index (χ3n) is 4.11. The van der Waals surface area contributed by atoms with Gasteiger partial charge in [-0.25, -0.2) is 8.42 Å². The van der Waals surface area contributed by atoms with Crippen LogP contribution in [-0.4, -0.2) is 57.5 Å². The number of sulfone groups is 1. The Kier molecular flexibility index (Phi) is 4.44. The lowest BCUT2D eigenvalue weighted by molar-refractivity contribution is 0.216. The van der Waals surface area contributed by atoms with Crippen LogP contribution in [0.15, 0.2) is 0 Å². The molecule has 2 heterocycles. The smallest absolute Gasteiger partial charge is 0.154 e. The molecule has 2 rings (SSSR count). The Hall–Kier alpha value is -0.130. The van der Waals surface area contributed by atoms with Crippen LogP contribution in [0, 0.1) is 5.92 Å². The number of hydrogen-bond acceptors (Lipinski definition) is 4. The van der Waals surface area contributed by atoms with Crippen molar-refractivity contribution >= 4 is 9.84 Å². The molecule has 1 N–H and O–H groups in total. The van der Waals surface area contributed by atoms with E-state index in [-0.39, 0.29) is 5.25 Å². The fraction of sp³-hybridized carbons (Fsp3) is 1.00. The molecule has 1 atom stereocenters. The van der Waals surface area contributed by atoms with Gasteiger partial charge < -0.3 is 10.2 Å². The third kappa shape index (κ3) is 3.66. The largest absolute Gasteiger partial charge is 0.315 e. The van der Waals surface area contributed by atoms with Crippen molar-refractivity contribution in [3.8, 4) is 0 Å². The highest BCUT2D eigenvalue weighted by molar-refractivity contribution is 7.92. The molecule has 0 saturated carbocycles. The molecule has 2 fully saturated rings. The van der Waals surface area contributed by atoms with Crippen LogP contribution in [0.4, 0.5) is 0 Å². The van der Waals surface area contributed by atoms with Gasteiger partial charge in [-0.1, -0.05) is 0 Å². The van der Waals surface area contributed by atoms with Crippen molar-refractivity contribution in [1.82, 2.24) is 10.2 Å². The van der Waals surface area contributed by atoms with E-state index in [4.69, 9.17) is 0 Å². The maximum atomic E-state index is 11.6. The SMILES string of the molecule is CN1CCC(CNCC2CCCS2(=O)=O)CC1. The van der Waals surface area contributed by atoms with E-state index in [1.165, 1.54) is 25.9 Å². The second kappa shape index (κ2) is 5.67. The molecule has 17 heavy (non-hydrogen) atoms. The Morgan fingerprint density at radius 1 is 1.18 bits per heavy atom. The first-order valence-corrected chi connectivity index (χ1v) is 8.40. The monoisotopic (exact) mass is 260 g/mol. The van der Waals surface area contributed by atoms with Crippen molar-refractivity contribution in [3.63, 3.8) is 0 Å². The summed E-state index contributed by atoms with van der Waals surface area (Å²) in [6.45, 7) is 4.00. The Balaban J connectivity index is 1.66. The average Bonchev–Trinajstić information content (AvgIpc) is 2.61. The number of piperidine rings is 1. The Morgan fingerprint density at radius 2 is 1.88 bits per heavy atom. The average molecular weight is 260 g/mol. The van der Waals surface area contributed by atoms with Gasteiger partial charge in [-0.3, -0.25) is 0 Å². The summed E-state index contributed by atoms with van der Waals surface area (Å²) in [5.41, 5.74) is 0. The zero-order valence-electron chi connectivity index (χ0n) is 10.7. The Bertz CT molecular complexity index is 334. The van der Waals surface area contributed by atoms with E-state index >= 15 is 0 Å². The quantitative estimate of drug-likeness (QED) is 0.799. The minimum atomic E-state index is -2.77. The lowest BCUT2D eigenvalue weighted by Crippen LogP contribution is -2.38. The second-order valence-corrected chi connectivity index (χ2v) is 7.94. The summed E-state index contributed by atoms with van der Waals surface area (Å²) in [7, 11) is -0.608. The molecular weight excluding hydrogens is 236 g/mol. The lowest BCUT2D eigenvalue weighted by Gasteiger charge is -2.29. The fourth-order valence-electron chi connectivity index (χ4n) is 2.80. The van der Waals surface area contributed by atoms with Crippen LogP contribution in [0.25, 0.3) is 0 Å². The van der Waals surface area contributed by atoms with Crippen LogP contribution in [0.2, 0.25) is 0 Å². The predicted octanol–water partition coefficient (Wildman–Crippen LogP) is 0.495. The third-order valence-corrected chi connectivity index (χ3v) is 6.38. The Morgan fingerprint density at radius 3 is 2.47 bits per heavy atom. The highest BCUT2D eigenvalue weighted by Gasteiger charge is 2.30. The molecule has 0 aromatic carbocycles. The topological polar surface area (TPSA) is 49.4 Å². The highest BCUT2D eigenvalue weighted by Crippen LogP contribution is 2.19. The Labute approximate surface area is 105 Å². The molecule has 1 unspecified atom stereocenters. The first-order chi connectivity index (χ1) is 8.08. The van der Waals surface area contributed by atoms with E-state index in [1.54, 1.807) is 0 Å². The van der Waals surface area contributed by atoms with Gasteiger partial charge in [0, 0.05) is 6.54 Å². The molecule has 2 saturated heterocycles. The van der Waals surface area contributed by atoms with Crippen LogP contribution in [-0.2, 0) is 9.84 Å². The van der Waals surface area contributed by atoms with E-state index < -0.39 is 9.84 Å². The number of rotatable bonds is 4. The van der Waals surface area contributed by atoms with Crippen molar-refractivity contribution in [2.24, 2.45) is 5.92 Å². The molecule has 0 amide bonds. The van der Waals surface area contributed by atoms with Crippen molar-refractivity contribution in [2.45, 2.75) is 30.9 Å². The number of hydrogen-bond donors (Lipinski definition) is 1. The summed E-state index contributed by atoms with van der Waals surface area (Å²) in [6.07, 6.45) is 4.17. The minimum Gasteiger partial charge on any atom is -0.315 e. The molecule has 5 heteroatoms. The van der Waals surface area contributed by atoms with Crippen LogP contribution in [0.1, 0.15) is 25.7 Å². The van der Waals surface area contributed by atoms with Crippen LogP contribution in [0.5, 0.6) is 0 Å². The molecule has 0 bridgehead atoms. The molecule has 0 spiro atoms. The van der Waals surface area contributed by atoms with Crippen LogP contribution < -0.4 is 5.32 Å². The number of nitrogens with one attached hydrogen (secondary N) is 1.